The van der Waals surface area contributed by atoms with Crippen molar-refractivity contribution in [1.29, 1.82) is 0 Å². The third-order valence-electron chi connectivity index (χ3n) is 3.43. The lowest BCUT2D eigenvalue weighted by Gasteiger charge is -2.11. The highest BCUT2D eigenvalue weighted by Gasteiger charge is 2.12. The molecular formula is C18H22N2O3. The molecule has 0 radical (unpaired) electrons. The maximum atomic E-state index is 12.0. The first-order valence-electron chi connectivity index (χ1n) is 7.80. The number of carbonyl (C=O) groups is 2. The van der Waals surface area contributed by atoms with Gasteiger partial charge >= 0.3 is 0 Å². The van der Waals surface area contributed by atoms with Crippen molar-refractivity contribution in [2.75, 3.05) is 5.32 Å². The van der Waals surface area contributed by atoms with Gasteiger partial charge in [-0.2, -0.15) is 0 Å². The van der Waals surface area contributed by atoms with Crippen LogP contribution in [-0.4, -0.2) is 11.8 Å². The van der Waals surface area contributed by atoms with E-state index in [1.807, 2.05) is 44.2 Å². The van der Waals surface area contributed by atoms with E-state index in [1.165, 1.54) is 0 Å². The van der Waals surface area contributed by atoms with Gasteiger partial charge in [-0.25, -0.2) is 0 Å². The number of benzene rings is 1. The van der Waals surface area contributed by atoms with Crippen LogP contribution in [0.2, 0.25) is 0 Å². The number of anilines is 1. The highest BCUT2D eigenvalue weighted by molar-refractivity contribution is 5.90. The fourth-order valence-corrected chi connectivity index (χ4v) is 2.24. The summed E-state index contributed by atoms with van der Waals surface area (Å²) in [6.45, 7) is 3.84. The zero-order chi connectivity index (χ0) is 16.7. The molecule has 1 atom stereocenters. The Hall–Kier alpha value is -2.56. The molecule has 1 unspecified atom stereocenters. The summed E-state index contributed by atoms with van der Waals surface area (Å²) in [5.41, 5.74) is 1.64. The molecule has 2 amide bonds. The van der Waals surface area contributed by atoms with Crippen molar-refractivity contribution in [3.05, 3.63) is 54.0 Å². The summed E-state index contributed by atoms with van der Waals surface area (Å²) in [6.07, 6.45) is 3.20. The van der Waals surface area contributed by atoms with Crippen LogP contribution in [0.5, 0.6) is 0 Å². The highest BCUT2D eigenvalue weighted by Crippen LogP contribution is 2.14. The van der Waals surface area contributed by atoms with E-state index in [-0.39, 0.29) is 24.3 Å². The number of hydrogen-bond donors (Lipinski definition) is 2. The third-order valence-corrected chi connectivity index (χ3v) is 3.43. The van der Waals surface area contributed by atoms with Crippen LogP contribution in [0.25, 0.3) is 0 Å². The average molecular weight is 314 g/mol. The lowest BCUT2D eigenvalue weighted by atomic mass is 10.1. The molecule has 0 aliphatic heterocycles. The van der Waals surface area contributed by atoms with E-state index in [0.717, 1.165) is 23.4 Å². The number of rotatable bonds is 7. The molecule has 2 aromatic rings. The van der Waals surface area contributed by atoms with Gasteiger partial charge in [0, 0.05) is 12.1 Å². The minimum absolute atomic E-state index is 0.00488. The predicted octanol–water partition coefficient (Wildman–Crippen LogP) is 3.44. The number of furan rings is 1. The average Bonchev–Trinajstić information content (AvgIpc) is 3.04. The third kappa shape index (κ3) is 5.29. The van der Waals surface area contributed by atoms with E-state index in [4.69, 9.17) is 4.42 Å². The molecule has 1 aromatic heterocycles. The predicted molar refractivity (Wildman–Crippen MR) is 88.9 cm³/mol. The Bertz CT molecular complexity index is 633. The van der Waals surface area contributed by atoms with E-state index in [9.17, 15) is 9.59 Å². The van der Waals surface area contributed by atoms with E-state index in [1.54, 1.807) is 12.3 Å². The quantitative estimate of drug-likeness (QED) is 0.822. The maximum Gasteiger partial charge on any atom is 0.224 e. The Kier molecular flexibility index (Phi) is 5.97. The maximum absolute atomic E-state index is 12.0. The molecule has 122 valence electrons. The zero-order valence-electron chi connectivity index (χ0n) is 13.5. The molecule has 1 aromatic carbocycles. The Balaban J connectivity index is 1.85. The monoisotopic (exact) mass is 314 g/mol. The highest BCUT2D eigenvalue weighted by atomic mass is 16.3. The molecular weight excluding hydrogens is 292 g/mol. The van der Waals surface area contributed by atoms with Crippen molar-refractivity contribution < 1.29 is 14.0 Å². The van der Waals surface area contributed by atoms with Crippen molar-refractivity contribution in [3.63, 3.8) is 0 Å². The molecule has 2 N–H and O–H groups in total. The first-order chi connectivity index (χ1) is 11.1. The van der Waals surface area contributed by atoms with E-state index in [0.29, 0.717) is 6.42 Å². The summed E-state index contributed by atoms with van der Waals surface area (Å²) in [7, 11) is 0. The molecule has 0 saturated carbocycles. The van der Waals surface area contributed by atoms with Crippen molar-refractivity contribution in [1.82, 2.24) is 5.32 Å². The minimum atomic E-state index is -0.162. The van der Waals surface area contributed by atoms with Gasteiger partial charge in [-0.15, -0.1) is 0 Å². The second-order valence-electron chi connectivity index (χ2n) is 5.48. The largest absolute Gasteiger partial charge is 0.467 e. The minimum Gasteiger partial charge on any atom is -0.467 e. The Morgan fingerprint density at radius 3 is 2.48 bits per heavy atom. The van der Waals surface area contributed by atoms with Crippen molar-refractivity contribution in [2.24, 2.45) is 0 Å². The van der Waals surface area contributed by atoms with Crippen LogP contribution in [0.3, 0.4) is 0 Å². The lowest BCUT2D eigenvalue weighted by Crippen LogP contribution is -2.27. The standard InChI is InChI=1S/C18H22N2O3/c1-3-5-17(21)20-15-9-7-14(8-10-15)12-18(22)19-13(2)16-6-4-11-23-16/h4,6-11,13H,3,5,12H2,1-2H3,(H,19,22)(H,20,21). The van der Waals surface area contributed by atoms with Crippen molar-refractivity contribution >= 4 is 17.5 Å². The number of nitrogens with one attached hydrogen (secondary N) is 2. The Morgan fingerprint density at radius 2 is 1.87 bits per heavy atom. The fraction of sp³-hybridized carbons (Fsp3) is 0.333. The van der Waals surface area contributed by atoms with Crippen LogP contribution in [-0.2, 0) is 16.0 Å². The van der Waals surface area contributed by atoms with Gasteiger partial charge in [0.15, 0.2) is 0 Å². The molecule has 23 heavy (non-hydrogen) atoms. The van der Waals surface area contributed by atoms with Crippen molar-refractivity contribution in [3.8, 4) is 0 Å². The fourth-order valence-electron chi connectivity index (χ4n) is 2.24. The Labute approximate surface area is 136 Å². The first kappa shape index (κ1) is 16.8. The van der Waals surface area contributed by atoms with E-state index in [2.05, 4.69) is 10.6 Å². The van der Waals surface area contributed by atoms with Crippen molar-refractivity contribution in [2.45, 2.75) is 39.2 Å². The van der Waals surface area contributed by atoms with Crippen LogP contribution in [0.4, 0.5) is 5.69 Å². The van der Waals surface area contributed by atoms with E-state index < -0.39 is 0 Å². The lowest BCUT2D eigenvalue weighted by molar-refractivity contribution is -0.121. The zero-order valence-corrected chi connectivity index (χ0v) is 13.5. The molecule has 5 nitrogen and oxygen atoms in total. The molecule has 0 bridgehead atoms. The second-order valence-corrected chi connectivity index (χ2v) is 5.48. The first-order valence-corrected chi connectivity index (χ1v) is 7.80. The van der Waals surface area contributed by atoms with Gasteiger partial charge in [0.1, 0.15) is 5.76 Å². The van der Waals surface area contributed by atoms with Crippen LogP contribution >= 0.6 is 0 Å². The summed E-state index contributed by atoms with van der Waals surface area (Å²) in [4.78, 5) is 23.6. The van der Waals surface area contributed by atoms with Gasteiger partial charge in [-0.1, -0.05) is 19.1 Å². The smallest absolute Gasteiger partial charge is 0.224 e. The molecule has 0 aliphatic rings. The molecule has 1 heterocycles. The normalized spacial score (nSPS) is 11.7. The van der Waals surface area contributed by atoms with Crippen LogP contribution in [0.1, 0.15) is 44.1 Å². The van der Waals surface area contributed by atoms with Gasteiger partial charge < -0.3 is 15.1 Å². The summed E-state index contributed by atoms with van der Waals surface area (Å²) in [5.74, 6) is 0.661. The molecule has 2 rings (SSSR count). The molecule has 5 heteroatoms. The number of carbonyl (C=O) groups excluding carboxylic acids is 2. The van der Waals surface area contributed by atoms with Crippen LogP contribution in [0, 0.1) is 0 Å². The van der Waals surface area contributed by atoms with Gasteiger partial charge in [0.05, 0.1) is 18.7 Å². The molecule has 0 fully saturated rings. The Morgan fingerprint density at radius 1 is 1.13 bits per heavy atom. The van der Waals surface area contributed by atoms with Gasteiger partial charge in [-0.3, -0.25) is 9.59 Å². The van der Waals surface area contributed by atoms with Gasteiger partial charge in [-0.05, 0) is 43.2 Å². The van der Waals surface area contributed by atoms with Crippen LogP contribution in [0.15, 0.2) is 47.1 Å². The number of hydrogen-bond acceptors (Lipinski definition) is 3. The summed E-state index contributed by atoms with van der Waals surface area (Å²) < 4.78 is 5.26. The summed E-state index contributed by atoms with van der Waals surface area (Å²) in [5, 5.41) is 5.71. The second kappa shape index (κ2) is 8.17. The number of amides is 2. The van der Waals surface area contributed by atoms with E-state index >= 15 is 0 Å². The summed E-state index contributed by atoms with van der Waals surface area (Å²) in [6, 6.07) is 10.8. The molecule has 0 spiro atoms. The van der Waals surface area contributed by atoms with Crippen LogP contribution < -0.4 is 10.6 Å². The van der Waals surface area contributed by atoms with Gasteiger partial charge in [0.2, 0.25) is 11.8 Å². The SMILES string of the molecule is CCCC(=O)Nc1ccc(CC(=O)NC(C)c2ccco2)cc1. The molecule has 0 saturated heterocycles. The summed E-state index contributed by atoms with van der Waals surface area (Å²) >= 11 is 0. The topological polar surface area (TPSA) is 71.3 Å². The molecule has 0 aliphatic carbocycles. The van der Waals surface area contributed by atoms with Gasteiger partial charge in [0.25, 0.3) is 0 Å².